The lowest BCUT2D eigenvalue weighted by Gasteiger charge is -2.19. The lowest BCUT2D eigenvalue weighted by molar-refractivity contribution is -0.119. The number of unbranched alkanes of at least 4 members (excludes halogenated alkanes) is 5. The van der Waals surface area contributed by atoms with E-state index in [4.69, 9.17) is 0 Å². The molecule has 0 N–H and O–H groups in total. The van der Waals surface area contributed by atoms with Crippen molar-refractivity contribution in [2.24, 2.45) is 0 Å². The van der Waals surface area contributed by atoms with Crippen molar-refractivity contribution in [2.45, 2.75) is 93.5 Å². The molecule has 44 heavy (non-hydrogen) atoms. The number of carbonyl (C=O) groups is 2. The van der Waals surface area contributed by atoms with E-state index in [0.29, 0.717) is 16.8 Å². The van der Waals surface area contributed by atoms with Gasteiger partial charge in [0.2, 0.25) is 0 Å². The van der Waals surface area contributed by atoms with Crippen molar-refractivity contribution in [3.05, 3.63) is 84.2 Å². The number of thiophene rings is 2. The standard InChI is InChI=1S/C38H42N2O2S2/c1-8-9-10-11-12-15-21-39-30-19-14-13-17-28(30)29-18-16-20-31(36(29)39)40-37(41)34(32-22(2)24(4)43-26(32)6)35(38(40)42)33-23(3)25(5)44-27(33)7/h13-14,16-20H,8-12,15,21H2,1-7H3. The average Bonchev–Trinajstić information content (AvgIpc) is 3.63. The third kappa shape index (κ3) is 4.87. The number of carbonyl (C=O) groups excluding carboxylic acids is 2. The fourth-order valence-electron chi connectivity index (χ4n) is 7.09. The number of nitrogens with zero attached hydrogens (tertiary/aromatic N) is 2. The predicted octanol–water partition coefficient (Wildman–Crippen LogP) is 10.6. The first-order chi connectivity index (χ1) is 21.2. The summed E-state index contributed by atoms with van der Waals surface area (Å²) in [6.45, 7) is 15.6. The first kappa shape index (κ1) is 30.5. The monoisotopic (exact) mass is 622 g/mol. The maximum absolute atomic E-state index is 14.8. The van der Waals surface area contributed by atoms with Gasteiger partial charge in [0.15, 0.2) is 0 Å². The molecule has 4 heterocycles. The molecule has 0 atom stereocenters. The highest BCUT2D eigenvalue weighted by Crippen LogP contribution is 2.47. The van der Waals surface area contributed by atoms with Crippen LogP contribution in [0.1, 0.15) is 87.2 Å². The summed E-state index contributed by atoms with van der Waals surface area (Å²) in [6, 6.07) is 14.6. The molecule has 228 valence electrons. The Kier molecular flexibility index (Phi) is 8.42. The molecular formula is C38H42N2O2S2. The van der Waals surface area contributed by atoms with Crippen LogP contribution < -0.4 is 4.90 Å². The van der Waals surface area contributed by atoms with Crippen molar-refractivity contribution in [3.8, 4) is 0 Å². The molecule has 6 heteroatoms. The Morgan fingerprint density at radius 3 is 1.73 bits per heavy atom. The highest BCUT2D eigenvalue weighted by molar-refractivity contribution is 7.12. The molecule has 0 saturated carbocycles. The summed E-state index contributed by atoms with van der Waals surface area (Å²) < 4.78 is 2.36. The molecule has 2 aromatic carbocycles. The lowest BCUT2D eigenvalue weighted by Crippen LogP contribution is -2.32. The van der Waals surface area contributed by atoms with Crippen LogP contribution in [0.4, 0.5) is 5.69 Å². The number of hydrogen-bond donors (Lipinski definition) is 0. The molecular weight excluding hydrogens is 581 g/mol. The Labute approximate surface area is 269 Å². The first-order valence-corrected chi connectivity index (χ1v) is 17.6. The van der Waals surface area contributed by atoms with Gasteiger partial charge in [-0.15, -0.1) is 22.7 Å². The molecule has 0 saturated heterocycles. The van der Waals surface area contributed by atoms with E-state index in [9.17, 15) is 9.59 Å². The minimum atomic E-state index is -0.222. The zero-order chi connectivity index (χ0) is 31.3. The van der Waals surface area contributed by atoms with Crippen molar-refractivity contribution in [1.29, 1.82) is 0 Å². The Morgan fingerprint density at radius 2 is 1.16 bits per heavy atom. The van der Waals surface area contributed by atoms with Gasteiger partial charge in [0.05, 0.1) is 22.4 Å². The van der Waals surface area contributed by atoms with Crippen LogP contribution in [-0.4, -0.2) is 16.4 Å². The molecule has 0 bridgehead atoms. The Balaban J connectivity index is 1.54. The number of fused-ring (bicyclic) bond motifs is 3. The van der Waals surface area contributed by atoms with Gasteiger partial charge in [0.1, 0.15) is 0 Å². The fraction of sp³-hybridized carbons (Fsp3) is 0.368. The quantitative estimate of drug-likeness (QED) is 0.115. The van der Waals surface area contributed by atoms with E-state index in [-0.39, 0.29) is 11.8 Å². The van der Waals surface area contributed by atoms with Crippen LogP contribution in [-0.2, 0) is 16.1 Å². The number of aromatic nitrogens is 1. The van der Waals surface area contributed by atoms with Crippen LogP contribution in [0.15, 0.2) is 42.5 Å². The van der Waals surface area contributed by atoms with Crippen molar-refractivity contribution in [3.63, 3.8) is 0 Å². The fourth-order valence-corrected chi connectivity index (χ4v) is 9.23. The molecule has 0 radical (unpaired) electrons. The van der Waals surface area contributed by atoms with Gasteiger partial charge in [0.25, 0.3) is 11.8 Å². The van der Waals surface area contributed by atoms with Gasteiger partial charge in [-0.05, 0) is 71.2 Å². The van der Waals surface area contributed by atoms with Gasteiger partial charge in [-0.2, -0.15) is 0 Å². The molecule has 0 fully saturated rings. The number of anilines is 1. The topological polar surface area (TPSA) is 42.3 Å². The zero-order valence-corrected chi connectivity index (χ0v) is 28.7. The van der Waals surface area contributed by atoms with E-state index in [2.05, 4.69) is 83.4 Å². The molecule has 1 aliphatic heterocycles. The molecule has 4 nitrogen and oxygen atoms in total. The molecule has 0 spiro atoms. The Bertz CT molecular complexity index is 1890. The average molecular weight is 623 g/mol. The van der Waals surface area contributed by atoms with E-state index < -0.39 is 0 Å². The van der Waals surface area contributed by atoms with E-state index in [1.54, 1.807) is 22.7 Å². The second-order valence-corrected chi connectivity index (χ2v) is 15.1. The summed E-state index contributed by atoms with van der Waals surface area (Å²) in [6.07, 6.45) is 7.24. The van der Waals surface area contributed by atoms with Crippen LogP contribution in [0.5, 0.6) is 0 Å². The number of imide groups is 1. The summed E-state index contributed by atoms with van der Waals surface area (Å²) >= 11 is 3.40. The number of rotatable bonds is 10. The van der Waals surface area contributed by atoms with Gasteiger partial charge in [-0.3, -0.25) is 9.59 Å². The third-order valence-electron chi connectivity index (χ3n) is 9.45. The Morgan fingerprint density at radius 1 is 0.614 bits per heavy atom. The second-order valence-electron chi connectivity index (χ2n) is 12.2. The van der Waals surface area contributed by atoms with E-state index >= 15 is 0 Å². The van der Waals surface area contributed by atoms with E-state index in [0.717, 1.165) is 66.8 Å². The minimum Gasteiger partial charge on any atom is -0.339 e. The molecule has 6 rings (SSSR count). The number of hydrogen-bond acceptors (Lipinski definition) is 4. The van der Waals surface area contributed by atoms with Crippen LogP contribution in [0.3, 0.4) is 0 Å². The second kappa shape index (κ2) is 12.1. The highest BCUT2D eigenvalue weighted by atomic mass is 32.1. The number of aryl methyl sites for hydroxylation is 5. The van der Waals surface area contributed by atoms with Crippen molar-refractivity contribution < 1.29 is 9.59 Å². The molecule has 3 aromatic heterocycles. The molecule has 0 unspecified atom stereocenters. The van der Waals surface area contributed by atoms with Gasteiger partial charge in [-0.25, -0.2) is 4.90 Å². The van der Waals surface area contributed by atoms with Gasteiger partial charge in [0, 0.05) is 53.5 Å². The largest absolute Gasteiger partial charge is 0.339 e. The van der Waals surface area contributed by atoms with Crippen LogP contribution >= 0.6 is 22.7 Å². The summed E-state index contributed by atoms with van der Waals surface area (Å²) in [5.74, 6) is -0.443. The SMILES string of the molecule is CCCCCCCCn1c2ccccc2c2cccc(N3C(=O)C(c4c(C)sc(C)c4C)=C(c4c(C)sc(C)c4C)C3=O)c21. The van der Waals surface area contributed by atoms with Crippen LogP contribution in [0.2, 0.25) is 0 Å². The molecule has 0 aliphatic carbocycles. The summed E-state index contributed by atoms with van der Waals surface area (Å²) in [4.78, 5) is 35.6. The van der Waals surface area contributed by atoms with Crippen molar-refractivity contribution in [1.82, 2.24) is 4.57 Å². The maximum Gasteiger partial charge on any atom is 0.266 e. The summed E-state index contributed by atoms with van der Waals surface area (Å²) in [5, 5.41) is 2.24. The predicted molar refractivity (Wildman–Crippen MR) is 189 cm³/mol. The van der Waals surface area contributed by atoms with E-state index in [1.807, 2.05) is 12.1 Å². The van der Waals surface area contributed by atoms with Gasteiger partial charge >= 0.3 is 0 Å². The smallest absolute Gasteiger partial charge is 0.266 e. The molecule has 2 amide bonds. The van der Waals surface area contributed by atoms with Crippen molar-refractivity contribution in [2.75, 3.05) is 4.90 Å². The Hall–Kier alpha value is -3.48. The van der Waals surface area contributed by atoms with Crippen LogP contribution in [0, 0.1) is 41.5 Å². The molecule has 5 aromatic rings. The lowest BCUT2D eigenvalue weighted by atomic mass is 9.92. The third-order valence-corrected chi connectivity index (χ3v) is 11.7. The maximum atomic E-state index is 14.8. The van der Waals surface area contributed by atoms with Gasteiger partial charge < -0.3 is 4.57 Å². The molecule has 1 aliphatic rings. The summed E-state index contributed by atoms with van der Waals surface area (Å²) in [5.41, 5.74) is 7.91. The highest BCUT2D eigenvalue weighted by Gasteiger charge is 2.44. The summed E-state index contributed by atoms with van der Waals surface area (Å²) in [7, 11) is 0. The van der Waals surface area contributed by atoms with Gasteiger partial charge in [-0.1, -0.05) is 69.4 Å². The number of amides is 2. The number of para-hydroxylation sites is 2. The first-order valence-electron chi connectivity index (χ1n) is 15.9. The number of benzene rings is 2. The normalized spacial score (nSPS) is 13.9. The van der Waals surface area contributed by atoms with Crippen LogP contribution in [0.25, 0.3) is 33.0 Å². The minimum absolute atomic E-state index is 0.222. The zero-order valence-electron chi connectivity index (χ0n) is 27.0. The van der Waals surface area contributed by atoms with Crippen molar-refractivity contribution >= 4 is 73.1 Å². The van der Waals surface area contributed by atoms with E-state index in [1.165, 1.54) is 46.8 Å².